The second-order valence-corrected chi connectivity index (χ2v) is 6.59. The average molecular weight is 282 g/mol. The zero-order chi connectivity index (χ0) is 15.0. The number of hydrogen-bond acceptors (Lipinski definition) is 2. The molecule has 2 atom stereocenters. The summed E-state index contributed by atoms with van der Waals surface area (Å²) in [5, 5.41) is 6.61. The van der Waals surface area contributed by atoms with Crippen LogP contribution in [0.15, 0.2) is 0 Å². The van der Waals surface area contributed by atoms with Gasteiger partial charge in [0.25, 0.3) is 0 Å². The van der Waals surface area contributed by atoms with E-state index in [-0.39, 0.29) is 18.0 Å². The standard InChI is InChI=1S/C17H34N2O/c1-5-7-13(3)18-17(20)14(4)19-16-11-9-15(8-6-2)10-12-16/h13-16,19H,5-12H2,1-4H3,(H,18,20). The fraction of sp³-hybridized carbons (Fsp3) is 0.941. The Morgan fingerprint density at radius 1 is 1.10 bits per heavy atom. The first-order valence-electron chi connectivity index (χ1n) is 8.63. The van der Waals surface area contributed by atoms with Crippen molar-refractivity contribution < 1.29 is 4.79 Å². The maximum Gasteiger partial charge on any atom is 0.237 e. The van der Waals surface area contributed by atoms with Gasteiger partial charge in [-0.15, -0.1) is 0 Å². The van der Waals surface area contributed by atoms with E-state index in [4.69, 9.17) is 0 Å². The number of carbonyl (C=O) groups is 1. The van der Waals surface area contributed by atoms with Gasteiger partial charge < -0.3 is 10.6 Å². The van der Waals surface area contributed by atoms with Gasteiger partial charge in [0, 0.05) is 12.1 Å². The second kappa shape index (κ2) is 9.38. The molecule has 118 valence electrons. The summed E-state index contributed by atoms with van der Waals surface area (Å²) >= 11 is 0. The fourth-order valence-corrected chi connectivity index (χ4v) is 3.33. The van der Waals surface area contributed by atoms with E-state index in [0.717, 1.165) is 18.8 Å². The van der Waals surface area contributed by atoms with Crippen molar-refractivity contribution in [1.82, 2.24) is 10.6 Å². The van der Waals surface area contributed by atoms with Crippen LogP contribution < -0.4 is 10.6 Å². The van der Waals surface area contributed by atoms with Crippen molar-refractivity contribution in [3.8, 4) is 0 Å². The maximum absolute atomic E-state index is 12.1. The van der Waals surface area contributed by atoms with Gasteiger partial charge in [-0.05, 0) is 51.9 Å². The molecule has 0 heterocycles. The largest absolute Gasteiger partial charge is 0.352 e. The molecule has 0 aromatic rings. The molecule has 20 heavy (non-hydrogen) atoms. The lowest BCUT2D eigenvalue weighted by Gasteiger charge is -2.31. The van der Waals surface area contributed by atoms with Crippen LogP contribution in [0.25, 0.3) is 0 Å². The van der Waals surface area contributed by atoms with Crippen LogP contribution in [0.3, 0.4) is 0 Å². The molecular weight excluding hydrogens is 248 g/mol. The Hall–Kier alpha value is -0.570. The topological polar surface area (TPSA) is 41.1 Å². The van der Waals surface area contributed by atoms with Gasteiger partial charge in [0.15, 0.2) is 0 Å². The van der Waals surface area contributed by atoms with Crippen LogP contribution in [0.2, 0.25) is 0 Å². The van der Waals surface area contributed by atoms with Crippen LogP contribution in [-0.2, 0) is 4.79 Å². The SMILES string of the molecule is CCCC1CCC(NC(C)C(=O)NC(C)CCC)CC1. The Balaban J connectivity index is 2.25. The highest BCUT2D eigenvalue weighted by Crippen LogP contribution is 2.27. The summed E-state index contributed by atoms with van der Waals surface area (Å²) in [5.41, 5.74) is 0. The van der Waals surface area contributed by atoms with E-state index in [1.165, 1.54) is 38.5 Å². The number of amides is 1. The first-order valence-corrected chi connectivity index (χ1v) is 8.63. The van der Waals surface area contributed by atoms with Crippen molar-refractivity contribution in [2.24, 2.45) is 5.92 Å². The molecule has 0 spiro atoms. The molecule has 1 amide bonds. The van der Waals surface area contributed by atoms with Crippen molar-refractivity contribution in [3.63, 3.8) is 0 Å². The molecule has 3 nitrogen and oxygen atoms in total. The summed E-state index contributed by atoms with van der Waals surface area (Å²) in [6.07, 6.45) is 9.96. The average Bonchev–Trinajstić information content (AvgIpc) is 2.41. The van der Waals surface area contributed by atoms with E-state index in [2.05, 4.69) is 31.4 Å². The Labute approximate surface area is 125 Å². The normalized spacial score (nSPS) is 26.0. The van der Waals surface area contributed by atoms with Gasteiger partial charge in [0.2, 0.25) is 5.91 Å². The number of rotatable bonds is 8. The third-order valence-electron chi connectivity index (χ3n) is 4.53. The van der Waals surface area contributed by atoms with Crippen LogP contribution in [0.1, 0.15) is 79.1 Å². The number of nitrogens with one attached hydrogen (secondary N) is 2. The van der Waals surface area contributed by atoms with E-state index >= 15 is 0 Å². The summed E-state index contributed by atoms with van der Waals surface area (Å²) in [5.74, 6) is 1.08. The van der Waals surface area contributed by atoms with Gasteiger partial charge in [-0.25, -0.2) is 0 Å². The van der Waals surface area contributed by atoms with E-state index in [9.17, 15) is 4.79 Å². The minimum absolute atomic E-state index is 0.0676. The molecule has 2 N–H and O–H groups in total. The summed E-state index contributed by atoms with van der Waals surface area (Å²) in [4.78, 5) is 12.1. The van der Waals surface area contributed by atoms with E-state index in [1.54, 1.807) is 0 Å². The van der Waals surface area contributed by atoms with E-state index < -0.39 is 0 Å². The van der Waals surface area contributed by atoms with Crippen LogP contribution in [0.5, 0.6) is 0 Å². The van der Waals surface area contributed by atoms with Crippen molar-refractivity contribution in [2.75, 3.05) is 0 Å². The lowest BCUT2D eigenvalue weighted by Crippen LogP contribution is -2.49. The summed E-state index contributed by atoms with van der Waals surface area (Å²) in [6.45, 7) is 8.50. The Bertz CT molecular complexity index is 272. The van der Waals surface area contributed by atoms with Gasteiger partial charge in [0.1, 0.15) is 0 Å². The first kappa shape index (κ1) is 17.5. The van der Waals surface area contributed by atoms with E-state index in [1.807, 2.05) is 6.92 Å². The Morgan fingerprint density at radius 3 is 2.30 bits per heavy atom. The smallest absolute Gasteiger partial charge is 0.237 e. The zero-order valence-electron chi connectivity index (χ0n) is 13.9. The van der Waals surface area contributed by atoms with Gasteiger partial charge >= 0.3 is 0 Å². The van der Waals surface area contributed by atoms with Gasteiger partial charge in [-0.3, -0.25) is 4.79 Å². The van der Waals surface area contributed by atoms with Crippen LogP contribution in [0, 0.1) is 5.92 Å². The van der Waals surface area contributed by atoms with Crippen molar-refractivity contribution in [1.29, 1.82) is 0 Å². The summed E-state index contributed by atoms with van der Waals surface area (Å²) in [6, 6.07) is 0.754. The van der Waals surface area contributed by atoms with E-state index in [0.29, 0.717) is 6.04 Å². The lowest BCUT2D eigenvalue weighted by molar-refractivity contribution is -0.123. The quantitative estimate of drug-likeness (QED) is 0.714. The fourth-order valence-electron chi connectivity index (χ4n) is 3.33. The molecule has 3 heteroatoms. The second-order valence-electron chi connectivity index (χ2n) is 6.59. The number of hydrogen-bond donors (Lipinski definition) is 2. The van der Waals surface area contributed by atoms with Gasteiger partial charge in [-0.2, -0.15) is 0 Å². The maximum atomic E-state index is 12.1. The zero-order valence-corrected chi connectivity index (χ0v) is 13.9. The van der Waals surface area contributed by atoms with Crippen molar-refractivity contribution in [2.45, 2.75) is 97.2 Å². The Morgan fingerprint density at radius 2 is 1.75 bits per heavy atom. The van der Waals surface area contributed by atoms with Crippen LogP contribution >= 0.6 is 0 Å². The van der Waals surface area contributed by atoms with Gasteiger partial charge in [0.05, 0.1) is 6.04 Å². The monoisotopic (exact) mass is 282 g/mol. The predicted molar refractivity (Wildman–Crippen MR) is 85.8 cm³/mol. The predicted octanol–water partition coefficient (Wildman–Crippen LogP) is 3.63. The molecule has 0 radical (unpaired) electrons. The van der Waals surface area contributed by atoms with Crippen molar-refractivity contribution in [3.05, 3.63) is 0 Å². The third kappa shape index (κ3) is 6.25. The molecule has 0 saturated heterocycles. The summed E-state index contributed by atoms with van der Waals surface area (Å²) < 4.78 is 0. The molecule has 1 aliphatic carbocycles. The highest BCUT2D eigenvalue weighted by atomic mass is 16.2. The van der Waals surface area contributed by atoms with Crippen molar-refractivity contribution >= 4 is 5.91 Å². The number of carbonyl (C=O) groups excluding carboxylic acids is 1. The molecule has 0 bridgehead atoms. The molecule has 2 unspecified atom stereocenters. The molecule has 0 aromatic carbocycles. The molecule has 1 rings (SSSR count). The minimum atomic E-state index is -0.0676. The van der Waals surface area contributed by atoms with Crippen LogP contribution in [-0.4, -0.2) is 24.0 Å². The molecule has 1 aliphatic rings. The lowest BCUT2D eigenvalue weighted by atomic mass is 9.83. The highest BCUT2D eigenvalue weighted by Gasteiger charge is 2.24. The minimum Gasteiger partial charge on any atom is -0.352 e. The molecule has 1 saturated carbocycles. The molecule has 1 fully saturated rings. The molecular formula is C17H34N2O. The Kier molecular flexibility index (Phi) is 8.20. The molecule has 0 aromatic heterocycles. The first-order chi connectivity index (χ1) is 9.56. The third-order valence-corrected chi connectivity index (χ3v) is 4.53. The summed E-state index contributed by atoms with van der Waals surface area (Å²) in [7, 11) is 0. The molecule has 0 aliphatic heterocycles. The van der Waals surface area contributed by atoms with Gasteiger partial charge in [-0.1, -0.05) is 33.1 Å². The highest BCUT2D eigenvalue weighted by molar-refractivity contribution is 5.81. The van der Waals surface area contributed by atoms with Crippen LogP contribution in [0.4, 0.5) is 0 Å².